The van der Waals surface area contributed by atoms with Crippen LogP contribution in [0.2, 0.25) is 0 Å². The second-order valence-electron chi connectivity index (χ2n) is 8.30. The van der Waals surface area contributed by atoms with Gasteiger partial charge in [0.25, 0.3) is 0 Å². The van der Waals surface area contributed by atoms with E-state index < -0.39 is 11.7 Å². The molecule has 0 spiro atoms. The molecule has 1 aromatic heterocycles. The van der Waals surface area contributed by atoms with Crippen molar-refractivity contribution in [1.82, 2.24) is 14.5 Å². The second kappa shape index (κ2) is 9.49. The second-order valence-corrected chi connectivity index (χ2v) is 8.30. The summed E-state index contributed by atoms with van der Waals surface area (Å²) in [5, 5.41) is 8.93. The smallest absolute Gasteiger partial charge is 0.338 e. The van der Waals surface area contributed by atoms with Crippen LogP contribution in [0, 0.1) is 17.2 Å². The minimum atomic E-state index is -4.39. The van der Waals surface area contributed by atoms with Crippen molar-refractivity contribution in [3.63, 3.8) is 0 Å². The number of benzene rings is 2. The first-order chi connectivity index (χ1) is 15.8. The highest BCUT2D eigenvalue weighted by Gasteiger charge is 2.33. The summed E-state index contributed by atoms with van der Waals surface area (Å²) in [6.45, 7) is 1.36. The summed E-state index contributed by atoms with van der Waals surface area (Å²) in [4.78, 5) is 18.7. The molecule has 0 saturated carbocycles. The summed E-state index contributed by atoms with van der Waals surface area (Å²) in [7, 11) is 0. The average Bonchev–Trinajstić information content (AvgIpc) is 3.38. The lowest BCUT2D eigenvalue weighted by Crippen LogP contribution is -2.27. The lowest BCUT2D eigenvalue weighted by molar-refractivity contribution is -0.137. The van der Waals surface area contributed by atoms with Crippen LogP contribution in [0.5, 0.6) is 0 Å². The number of hydrogen-bond donors (Lipinski definition) is 0. The Kier molecular flexibility index (Phi) is 6.50. The molecule has 1 fully saturated rings. The Hall–Kier alpha value is -3.60. The molecule has 2 heterocycles. The van der Waals surface area contributed by atoms with E-state index in [1.54, 1.807) is 35.6 Å². The lowest BCUT2D eigenvalue weighted by atomic mass is 10.0. The molecule has 0 unspecified atom stereocenters. The van der Waals surface area contributed by atoms with Gasteiger partial charge >= 0.3 is 6.18 Å². The van der Waals surface area contributed by atoms with E-state index in [1.807, 2.05) is 16.7 Å². The zero-order chi connectivity index (χ0) is 23.4. The van der Waals surface area contributed by atoms with Crippen molar-refractivity contribution in [2.24, 2.45) is 5.92 Å². The van der Waals surface area contributed by atoms with Gasteiger partial charge in [0, 0.05) is 37.4 Å². The van der Waals surface area contributed by atoms with E-state index in [1.165, 1.54) is 6.07 Å². The summed E-state index contributed by atoms with van der Waals surface area (Å²) in [6, 6.07) is 14.6. The van der Waals surface area contributed by atoms with E-state index in [0.29, 0.717) is 43.5 Å². The summed E-state index contributed by atoms with van der Waals surface area (Å²) in [5.74, 6) is -0.153. The largest absolute Gasteiger partial charge is 0.416 e. The van der Waals surface area contributed by atoms with Crippen molar-refractivity contribution < 1.29 is 18.0 Å². The third-order valence-electron chi connectivity index (χ3n) is 6.02. The lowest BCUT2D eigenvalue weighted by Gasteiger charge is -2.18. The first kappa shape index (κ1) is 22.6. The third kappa shape index (κ3) is 5.43. The Balaban J connectivity index is 1.34. The third-order valence-corrected chi connectivity index (χ3v) is 6.02. The molecule has 1 saturated heterocycles. The molecule has 1 aliphatic heterocycles. The molecule has 0 bridgehead atoms. The van der Waals surface area contributed by atoms with Crippen LogP contribution < -0.4 is 0 Å². The highest BCUT2D eigenvalue weighted by molar-refractivity contribution is 5.80. The van der Waals surface area contributed by atoms with Gasteiger partial charge in [0.05, 0.1) is 23.5 Å². The maximum absolute atomic E-state index is 13.0. The molecule has 0 aliphatic carbocycles. The van der Waals surface area contributed by atoms with E-state index >= 15 is 0 Å². The quantitative estimate of drug-likeness (QED) is 0.517. The van der Waals surface area contributed by atoms with Gasteiger partial charge < -0.3 is 9.47 Å². The molecular formula is C25H23F3N4O. The zero-order valence-corrected chi connectivity index (χ0v) is 17.9. The standard InChI is InChI=1S/C25H23F3N4O/c26-25(27,28)22-3-1-2-20(12-22)16-31-11-10-21(24(31)33)8-9-23-14-30-17-32(23)15-19-6-4-18(13-29)5-7-19/h1-7,12,14,17,21H,8-11,15-16H2/t21-/m0/s1. The molecule has 33 heavy (non-hydrogen) atoms. The van der Waals surface area contributed by atoms with Gasteiger partial charge in [0.2, 0.25) is 5.91 Å². The molecule has 1 amide bonds. The number of aryl methyl sites for hydroxylation is 1. The highest BCUT2D eigenvalue weighted by Crippen LogP contribution is 2.31. The number of alkyl halides is 3. The van der Waals surface area contributed by atoms with E-state index in [9.17, 15) is 18.0 Å². The van der Waals surface area contributed by atoms with Crippen molar-refractivity contribution in [3.05, 3.63) is 89.0 Å². The molecule has 170 valence electrons. The number of nitriles is 1. The topological polar surface area (TPSA) is 61.9 Å². The Morgan fingerprint density at radius 1 is 1.09 bits per heavy atom. The molecule has 2 aromatic carbocycles. The number of nitrogens with zero attached hydrogens (tertiary/aromatic N) is 4. The summed E-state index contributed by atoms with van der Waals surface area (Å²) in [6.07, 6.45) is 1.20. The number of amides is 1. The first-order valence-corrected chi connectivity index (χ1v) is 10.8. The van der Waals surface area contributed by atoms with Gasteiger partial charge in [-0.05, 0) is 54.7 Å². The number of halogens is 3. The zero-order valence-electron chi connectivity index (χ0n) is 17.9. The van der Waals surface area contributed by atoms with Gasteiger partial charge in [-0.25, -0.2) is 4.98 Å². The fourth-order valence-corrected chi connectivity index (χ4v) is 4.20. The molecular weight excluding hydrogens is 429 g/mol. The molecule has 1 atom stereocenters. The Bertz CT molecular complexity index is 1160. The highest BCUT2D eigenvalue weighted by atomic mass is 19.4. The number of imidazole rings is 1. The average molecular weight is 452 g/mol. The van der Waals surface area contributed by atoms with Crippen LogP contribution in [-0.4, -0.2) is 26.9 Å². The molecule has 0 radical (unpaired) electrons. The van der Waals surface area contributed by atoms with Crippen LogP contribution in [0.15, 0.2) is 61.1 Å². The first-order valence-electron chi connectivity index (χ1n) is 10.8. The molecule has 5 nitrogen and oxygen atoms in total. The van der Waals surface area contributed by atoms with E-state index in [-0.39, 0.29) is 18.4 Å². The Morgan fingerprint density at radius 2 is 1.88 bits per heavy atom. The van der Waals surface area contributed by atoms with E-state index in [4.69, 9.17) is 5.26 Å². The molecule has 4 rings (SSSR count). The Labute approximate surface area is 190 Å². The fraction of sp³-hybridized carbons (Fsp3) is 0.320. The summed E-state index contributed by atoms with van der Waals surface area (Å²) in [5.41, 5.74) is 2.47. The van der Waals surface area contributed by atoms with Gasteiger partial charge in [-0.3, -0.25) is 4.79 Å². The predicted molar refractivity (Wildman–Crippen MR) is 116 cm³/mol. The predicted octanol–water partition coefficient (Wildman–Crippen LogP) is 4.80. The summed E-state index contributed by atoms with van der Waals surface area (Å²) >= 11 is 0. The van der Waals surface area contributed by atoms with Crippen molar-refractivity contribution in [2.75, 3.05) is 6.54 Å². The monoisotopic (exact) mass is 452 g/mol. The SMILES string of the molecule is N#Cc1ccc(Cn2cncc2CC[C@H]2CCN(Cc3cccc(C(F)(F)F)c3)C2=O)cc1. The molecule has 0 N–H and O–H groups in total. The van der Waals surface area contributed by atoms with Crippen molar-refractivity contribution >= 4 is 5.91 Å². The van der Waals surface area contributed by atoms with Crippen LogP contribution in [0.1, 0.15) is 40.8 Å². The summed E-state index contributed by atoms with van der Waals surface area (Å²) < 4.78 is 40.9. The van der Waals surface area contributed by atoms with Crippen LogP contribution in [0.4, 0.5) is 13.2 Å². The van der Waals surface area contributed by atoms with Crippen LogP contribution in [0.3, 0.4) is 0 Å². The molecule has 3 aromatic rings. The number of rotatable bonds is 7. The minimum absolute atomic E-state index is 0.00873. The van der Waals surface area contributed by atoms with Gasteiger partial charge in [-0.15, -0.1) is 0 Å². The van der Waals surface area contributed by atoms with Crippen molar-refractivity contribution in [1.29, 1.82) is 5.26 Å². The van der Waals surface area contributed by atoms with Crippen LogP contribution >= 0.6 is 0 Å². The fourth-order valence-electron chi connectivity index (χ4n) is 4.20. The van der Waals surface area contributed by atoms with Crippen LogP contribution in [-0.2, 0) is 30.5 Å². The van der Waals surface area contributed by atoms with Crippen LogP contribution in [0.25, 0.3) is 0 Å². The number of hydrogen-bond acceptors (Lipinski definition) is 3. The van der Waals surface area contributed by atoms with E-state index in [2.05, 4.69) is 11.1 Å². The maximum atomic E-state index is 13.0. The number of likely N-dealkylation sites (tertiary alicyclic amines) is 1. The van der Waals surface area contributed by atoms with Crippen molar-refractivity contribution in [3.8, 4) is 6.07 Å². The molecule has 8 heteroatoms. The Morgan fingerprint density at radius 3 is 2.61 bits per heavy atom. The number of carbonyl (C=O) groups is 1. The number of carbonyl (C=O) groups excluding carboxylic acids is 1. The van der Waals surface area contributed by atoms with Gasteiger partial charge in [0.1, 0.15) is 0 Å². The maximum Gasteiger partial charge on any atom is 0.416 e. The number of aromatic nitrogens is 2. The van der Waals surface area contributed by atoms with Crippen molar-refractivity contribution in [2.45, 2.75) is 38.5 Å². The minimum Gasteiger partial charge on any atom is -0.338 e. The normalized spacial score (nSPS) is 16.2. The van der Waals surface area contributed by atoms with E-state index in [0.717, 1.165) is 23.4 Å². The van der Waals surface area contributed by atoms with Gasteiger partial charge in [-0.1, -0.05) is 24.3 Å². The van der Waals surface area contributed by atoms with Gasteiger partial charge in [-0.2, -0.15) is 18.4 Å². The van der Waals surface area contributed by atoms with Gasteiger partial charge in [0.15, 0.2) is 0 Å². The molecule has 1 aliphatic rings.